The molecule has 0 N–H and O–H groups in total. The van der Waals surface area contributed by atoms with Crippen LogP contribution in [0.4, 0.5) is 8.78 Å². The number of rotatable bonds is 4. The number of carbonyl (C=O) groups excluding carboxylic acids is 1. The first-order valence-corrected chi connectivity index (χ1v) is 6.57. The molecular formula is C17H16F2O2. The van der Waals surface area contributed by atoms with Gasteiger partial charge in [0, 0.05) is 23.8 Å². The molecule has 0 aromatic heterocycles. The third-order valence-corrected chi connectivity index (χ3v) is 3.35. The van der Waals surface area contributed by atoms with Gasteiger partial charge in [-0.25, -0.2) is 8.78 Å². The van der Waals surface area contributed by atoms with Crippen molar-refractivity contribution in [2.24, 2.45) is 0 Å². The van der Waals surface area contributed by atoms with Gasteiger partial charge in [-0.3, -0.25) is 4.79 Å². The molecule has 0 unspecified atom stereocenters. The van der Waals surface area contributed by atoms with Crippen molar-refractivity contribution in [2.75, 3.05) is 6.61 Å². The van der Waals surface area contributed by atoms with Gasteiger partial charge in [-0.15, -0.1) is 0 Å². The van der Waals surface area contributed by atoms with Crippen LogP contribution in [0.3, 0.4) is 0 Å². The molecule has 0 aliphatic carbocycles. The zero-order chi connectivity index (χ0) is 15.6. The molecule has 2 nitrogen and oxygen atoms in total. The largest absolute Gasteiger partial charge is 0.485 e. The highest BCUT2D eigenvalue weighted by atomic mass is 19.1. The molecule has 0 heterocycles. The van der Waals surface area contributed by atoms with Gasteiger partial charge in [0.25, 0.3) is 0 Å². The number of hydrogen-bond donors (Lipinski definition) is 0. The van der Waals surface area contributed by atoms with Gasteiger partial charge in [-0.1, -0.05) is 6.07 Å². The van der Waals surface area contributed by atoms with Crippen molar-refractivity contribution < 1.29 is 18.3 Å². The lowest BCUT2D eigenvalue weighted by molar-refractivity contribution is 0.0920. The maximum absolute atomic E-state index is 13.0. The molecule has 2 rings (SSSR count). The topological polar surface area (TPSA) is 26.3 Å². The third-order valence-electron chi connectivity index (χ3n) is 3.35. The first kappa shape index (κ1) is 15.2. The molecule has 0 aliphatic rings. The number of ether oxygens (including phenoxy) is 1. The summed E-state index contributed by atoms with van der Waals surface area (Å²) >= 11 is 0. The van der Waals surface area contributed by atoms with Crippen LogP contribution in [0.15, 0.2) is 30.3 Å². The zero-order valence-electron chi connectivity index (χ0n) is 12.2. The van der Waals surface area contributed by atoms with E-state index >= 15 is 0 Å². The molecule has 0 amide bonds. The monoisotopic (exact) mass is 290 g/mol. The Labute approximate surface area is 122 Å². The van der Waals surface area contributed by atoms with Crippen molar-refractivity contribution in [3.63, 3.8) is 0 Å². The second kappa shape index (κ2) is 6.04. The Morgan fingerprint density at radius 3 is 2.10 bits per heavy atom. The van der Waals surface area contributed by atoms with Gasteiger partial charge in [0.1, 0.15) is 17.4 Å². The van der Waals surface area contributed by atoms with E-state index in [2.05, 4.69) is 0 Å². The quantitative estimate of drug-likeness (QED) is 0.791. The van der Waals surface area contributed by atoms with Crippen LogP contribution in [0, 0.1) is 32.4 Å². The molecular weight excluding hydrogens is 274 g/mol. The molecule has 0 fully saturated rings. The Kier molecular flexibility index (Phi) is 4.36. The molecule has 0 spiro atoms. The van der Waals surface area contributed by atoms with Crippen LogP contribution in [-0.4, -0.2) is 12.4 Å². The van der Waals surface area contributed by atoms with E-state index in [1.165, 1.54) is 0 Å². The number of hydrogen-bond acceptors (Lipinski definition) is 2. The van der Waals surface area contributed by atoms with Gasteiger partial charge in [0.15, 0.2) is 12.4 Å². The fourth-order valence-corrected chi connectivity index (χ4v) is 2.10. The summed E-state index contributed by atoms with van der Waals surface area (Å²) in [5.74, 6) is -1.69. The summed E-state index contributed by atoms with van der Waals surface area (Å²) in [6.45, 7) is 5.49. The van der Waals surface area contributed by atoms with Gasteiger partial charge in [-0.2, -0.15) is 0 Å². The number of aryl methyl sites for hydroxylation is 3. The summed E-state index contributed by atoms with van der Waals surface area (Å²) in [5, 5.41) is 0. The second-order valence-corrected chi connectivity index (χ2v) is 5.07. The van der Waals surface area contributed by atoms with Gasteiger partial charge < -0.3 is 4.74 Å². The van der Waals surface area contributed by atoms with Gasteiger partial charge >= 0.3 is 0 Å². The first-order valence-electron chi connectivity index (χ1n) is 6.57. The highest BCUT2D eigenvalue weighted by Gasteiger charge is 2.12. The molecule has 110 valence electrons. The fraction of sp³-hybridized carbons (Fsp3) is 0.235. The first-order chi connectivity index (χ1) is 9.86. The van der Waals surface area contributed by atoms with E-state index in [9.17, 15) is 13.6 Å². The lowest BCUT2D eigenvalue weighted by Gasteiger charge is -2.10. The van der Waals surface area contributed by atoms with Crippen molar-refractivity contribution >= 4 is 5.78 Å². The third kappa shape index (κ3) is 3.66. The number of benzene rings is 2. The minimum absolute atomic E-state index is 0.00216. The Morgan fingerprint density at radius 1 is 0.905 bits per heavy atom. The minimum Gasteiger partial charge on any atom is -0.485 e. The highest BCUT2D eigenvalue weighted by Crippen LogP contribution is 2.18. The number of halogens is 2. The summed E-state index contributed by atoms with van der Waals surface area (Å²) in [6, 6.07) is 6.59. The van der Waals surface area contributed by atoms with Gasteiger partial charge in [0.05, 0.1) is 0 Å². The van der Waals surface area contributed by atoms with E-state index in [0.717, 1.165) is 34.9 Å². The Hall–Kier alpha value is -2.23. The molecule has 0 saturated heterocycles. The molecule has 4 heteroatoms. The number of carbonyl (C=O) groups is 1. The van der Waals surface area contributed by atoms with Crippen LogP contribution < -0.4 is 4.74 Å². The number of Topliss-reactive ketones (excluding diaryl/α,β-unsaturated/α-hetero) is 1. The lowest BCUT2D eigenvalue weighted by atomic mass is 9.98. The zero-order valence-corrected chi connectivity index (χ0v) is 12.2. The Morgan fingerprint density at radius 2 is 1.48 bits per heavy atom. The lowest BCUT2D eigenvalue weighted by Crippen LogP contribution is -2.13. The standard InChI is InChI=1S/C17H16F2O2/c1-10-4-12(3)16(5-11(10)2)17(20)9-21-15-7-13(18)6-14(19)8-15/h4-8H,9H2,1-3H3. The summed E-state index contributed by atoms with van der Waals surface area (Å²) in [5.41, 5.74) is 3.55. The average Bonchev–Trinajstić information content (AvgIpc) is 2.39. The molecule has 2 aromatic rings. The number of ketones is 1. The SMILES string of the molecule is Cc1cc(C)c(C(=O)COc2cc(F)cc(F)c2)cc1C. The predicted molar refractivity (Wildman–Crippen MR) is 76.8 cm³/mol. The average molecular weight is 290 g/mol. The smallest absolute Gasteiger partial charge is 0.200 e. The maximum Gasteiger partial charge on any atom is 0.200 e. The van der Waals surface area contributed by atoms with E-state index in [-0.39, 0.29) is 18.1 Å². The van der Waals surface area contributed by atoms with Crippen LogP contribution in [0.2, 0.25) is 0 Å². The molecule has 0 radical (unpaired) electrons. The predicted octanol–water partition coefficient (Wildman–Crippen LogP) is 4.15. The summed E-state index contributed by atoms with van der Waals surface area (Å²) < 4.78 is 31.2. The van der Waals surface area contributed by atoms with Crippen molar-refractivity contribution in [1.82, 2.24) is 0 Å². The van der Waals surface area contributed by atoms with Crippen LogP contribution >= 0.6 is 0 Å². The van der Waals surface area contributed by atoms with E-state index in [1.807, 2.05) is 32.9 Å². The van der Waals surface area contributed by atoms with Crippen molar-refractivity contribution in [1.29, 1.82) is 0 Å². The second-order valence-electron chi connectivity index (χ2n) is 5.07. The molecule has 2 aromatic carbocycles. The summed E-state index contributed by atoms with van der Waals surface area (Å²) in [7, 11) is 0. The van der Waals surface area contributed by atoms with Crippen molar-refractivity contribution in [3.05, 3.63) is 64.2 Å². The van der Waals surface area contributed by atoms with E-state index in [0.29, 0.717) is 5.56 Å². The van der Waals surface area contributed by atoms with Crippen LogP contribution in [0.1, 0.15) is 27.0 Å². The highest BCUT2D eigenvalue weighted by molar-refractivity contribution is 5.98. The molecule has 0 aliphatic heterocycles. The molecule has 21 heavy (non-hydrogen) atoms. The van der Waals surface area contributed by atoms with E-state index in [4.69, 9.17) is 4.74 Å². The van der Waals surface area contributed by atoms with E-state index in [1.54, 1.807) is 0 Å². The normalized spacial score (nSPS) is 10.5. The van der Waals surface area contributed by atoms with Crippen LogP contribution in [0.5, 0.6) is 5.75 Å². The summed E-state index contributed by atoms with van der Waals surface area (Å²) in [4.78, 5) is 12.2. The van der Waals surface area contributed by atoms with Crippen LogP contribution in [-0.2, 0) is 0 Å². The minimum atomic E-state index is -0.736. The molecule has 0 atom stereocenters. The Balaban J connectivity index is 2.13. The van der Waals surface area contributed by atoms with Gasteiger partial charge in [-0.05, 0) is 43.5 Å². The Bertz CT molecular complexity index is 673. The van der Waals surface area contributed by atoms with Crippen molar-refractivity contribution in [3.8, 4) is 5.75 Å². The fourth-order valence-electron chi connectivity index (χ4n) is 2.10. The maximum atomic E-state index is 13.0. The van der Waals surface area contributed by atoms with Crippen molar-refractivity contribution in [2.45, 2.75) is 20.8 Å². The summed E-state index contributed by atoms with van der Waals surface area (Å²) in [6.07, 6.45) is 0. The molecule has 0 bridgehead atoms. The molecule has 0 saturated carbocycles. The van der Waals surface area contributed by atoms with Gasteiger partial charge in [0.2, 0.25) is 0 Å². The van der Waals surface area contributed by atoms with Crippen LogP contribution in [0.25, 0.3) is 0 Å². The van der Waals surface area contributed by atoms with E-state index < -0.39 is 11.6 Å².